The second-order valence-electron chi connectivity index (χ2n) is 1.65. The Balaban J connectivity index is 2.45. The van der Waals surface area contributed by atoms with E-state index < -0.39 is 0 Å². The number of nitrogens with zero attached hydrogens (tertiary/aromatic N) is 2. The normalized spacial score (nSPS) is 17.0. The fraction of sp³-hybridized carbons (Fsp3) is 0.250. The van der Waals surface area contributed by atoms with E-state index in [1.807, 2.05) is 6.20 Å². The van der Waals surface area contributed by atoms with Crippen molar-refractivity contribution in [2.75, 3.05) is 6.67 Å². The molecule has 1 rings (SSSR count). The summed E-state index contributed by atoms with van der Waals surface area (Å²) >= 11 is 2.84. The van der Waals surface area contributed by atoms with E-state index in [1.165, 1.54) is 0 Å². The number of hydrogen-bond donors (Lipinski definition) is 0. The van der Waals surface area contributed by atoms with Crippen LogP contribution in [0.3, 0.4) is 0 Å². The van der Waals surface area contributed by atoms with E-state index in [0.29, 0.717) is 0 Å². The summed E-state index contributed by atoms with van der Waals surface area (Å²) in [5.41, 5.74) is 0. The standard InChI is InChI=1S/C3H4N2.CH2.2Al/c1-2-5-3-4-1;;;/h1-2H,3H2;1H2;;/q-2;;2*+1. The monoisotopic (exact) mass is 136 g/mol. The van der Waals surface area contributed by atoms with E-state index in [2.05, 4.69) is 35.9 Å². The number of rotatable bonds is 1. The second-order valence-corrected chi connectivity index (χ2v) is 3.34. The molecule has 0 fully saturated rings. The molecule has 0 atom stereocenters. The van der Waals surface area contributed by atoms with Crippen LogP contribution in [-0.2, 0) is 0 Å². The van der Waals surface area contributed by atoms with Gasteiger partial charge in [-0.1, -0.05) is 0 Å². The van der Waals surface area contributed by atoms with Crippen LogP contribution in [0.5, 0.6) is 0 Å². The molecule has 0 aromatic heterocycles. The van der Waals surface area contributed by atoms with Gasteiger partial charge in [-0.2, -0.15) is 0 Å². The van der Waals surface area contributed by atoms with Crippen molar-refractivity contribution < 1.29 is 0 Å². The molecule has 0 N–H and O–H groups in total. The Morgan fingerprint density at radius 2 is 2.38 bits per heavy atom. The van der Waals surface area contributed by atoms with Crippen molar-refractivity contribution in [3.63, 3.8) is 0 Å². The van der Waals surface area contributed by atoms with Crippen LogP contribution in [0.1, 0.15) is 0 Å². The van der Waals surface area contributed by atoms with E-state index in [4.69, 9.17) is 0 Å². The van der Waals surface area contributed by atoms with Gasteiger partial charge in [0.15, 0.2) is 0 Å². The van der Waals surface area contributed by atoms with E-state index in [1.54, 1.807) is 0 Å². The van der Waals surface area contributed by atoms with Gasteiger partial charge in [0.2, 0.25) is 0 Å². The molecule has 38 valence electrons. The van der Waals surface area contributed by atoms with E-state index >= 15 is 0 Å². The Bertz CT molecular complexity index is 123. The first-order valence-corrected chi connectivity index (χ1v) is 4.26. The molecule has 8 heavy (non-hydrogen) atoms. The van der Waals surface area contributed by atoms with Crippen LogP contribution in [0, 0.1) is 0 Å². The zero-order valence-electron chi connectivity index (χ0n) is 4.62. The topological polar surface area (TPSA) is 6.48 Å². The molecule has 0 spiro atoms. The molecule has 0 amide bonds. The minimum absolute atomic E-state index is 0.220. The third kappa shape index (κ3) is 1.37. The Labute approximate surface area is 63.9 Å². The zero-order chi connectivity index (χ0) is 5.98. The summed E-state index contributed by atoms with van der Waals surface area (Å²) in [7, 11) is 0. The molecule has 0 saturated heterocycles. The zero-order valence-corrected chi connectivity index (χ0v) is 6.93. The summed E-state index contributed by atoms with van der Waals surface area (Å²) in [6.45, 7) is 0.990. The molecule has 0 bridgehead atoms. The van der Waals surface area contributed by atoms with Gasteiger partial charge in [-0.25, -0.2) is 0 Å². The number of hydrogen-bond acceptors (Lipinski definition) is 2. The van der Waals surface area contributed by atoms with Gasteiger partial charge < -0.3 is 0 Å². The fourth-order valence-corrected chi connectivity index (χ4v) is 1.53. The van der Waals surface area contributed by atoms with Crippen LogP contribution >= 0.6 is 0 Å². The van der Waals surface area contributed by atoms with Crippen LogP contribution in [0.2, 0.25) is 0 Å². The summed E-state index contributed by atoms with van der Waals surface area (Å²) < 4.78 is 4.26. The van der Waals surface area contributed by atoms with E-state index in [-0.39, 0.29) is 15.0 Å². The van der Waals surface area contributed by atoms with Gasteiger partial charge in [0.05, 0.1) is 0 Å². The molecule has 0 aliphatic carbocycles. The van der Waals surface area contributed by atoms with Crippen molar-refractivity contribution in [3.8, 4) is 0 Å². The first kappa shape index (κ1) is 6.40. The average Bonchev–Trinajstić information content (AvgIpc) is 2.14. The molecule has 0 saturated carbocycles. The van der Waals surface area contributed by atoms with Gasteiger partial charge in [-0.05, 0) is 0 Å². The SMILES string of the molecule is [CH2]=[Al][N]1C=C[N]([Al])C1. The maximum atomic E-state index is 3.82. The Morgan fingerprint density at radius 1 is 1.62 bits per heavy atom. The first-order chi connectivity index (χ1) is 3.83. The summed E-state index contributed by atoms with van der Waals surface area (Å²) in [6, 6.07) is 0. The molecule has 0 unspecified atom stereocenters. The third-order valence-corrected chi connectivity index (χ3v) is 2.15. The van der Waals surface area contributed by atoms with Gasteiger partial charge >= 0.3 is 63.7 Å². The molecular formula is C4H6Al2N2. The second kappa shape index (κ2) is 2.71. The maximum absolute atomic E-state index is 3.82. The summed E-state index contributed by atoms with van der Waals surface area (Å²) in [4.78, 5) is 0. The predicted molar refractivity (Wildman–Crippen MR) is 36.3 cm³/mol. The van der Waals surface area contributed by atoms with Crippen molar-refractivity contribution in [2.45, 2.75) is 0 Å². The van der Waals surface area contributed by atoms with Gasteiger partial charge in [-0.15, -0.1) is 0 Å². The van der Waals surface area contributed by atoms with Crippen molar-refractivity contribution in [2.24, 2.45) is 0 Å². The van der Waals surface area contributed by atoms with Crippen molar-refractivity contribution in [1.29, 1.82) is 0 Å². The Hall–Kier alpha value is 0.275. The molecule has 0 aromatic rings. The quantitative estimate of drug-likeness (QED) is 0.434. The van der Waals surface area contributed by atoms with Crippen LogP contribution in [0.25, 0.3) is 0 Å². The molecule has 4 heteroatoms. The van der Waals surface area contributed by atoms with E-state index in [0.717, 1.165) is 6.67 Å². The van der Waals surface area contributed by atoms with Crippen LogP contribution in [-0.4, -0.2) is 51.3 Å². The fourth-order valence-electron chi connectivity index (χ4n) is 0.573. The van der Waals surface area contributed by atoms with Gasteiger partial charge in [-0.3, -0.25) is 0 Å². The van der Waals surface area contributed by atoms with Crippen molar-refractivity contribution in [1.82, 2.24) is 7.77 Å². The third-order valence-electron chi connectivity index (χ3n) is 1.01. The molecule has 1 heterocycles. The van der Waals surface area contributed by atoms with E-state index in [9.17, 15) is 0 Å². The molecule has 1 aliphatic heterocycles. The molecule has 0 aromatic carbocycles. The van der Waals surface area contributed by atoms with Crippen LogP contribution in [0.4, 0.5) is 0 Å². The Kier molecular flexibility index (Phi) is 2.17. The predicted octanol–water partition coefficient (Wildman–Crippen LogP) is -0.833. The summed E-state index contributed by atoms with van der Waals surface area (Å²) in [6.07, 6.45) is 4.10. The molecule has 2 radical (unpaired) electrons. The van der Waals surface area contributed by atoms with Crippen LogP contribution in [0.15, 0.2) is 12.4 Å². The summed E-state index contributed by atoms with van der Waals surface area (Å²) in [5.74, 6) is 0. The molecule has 1 aliphatic rings. The van der Waals surface area contributed by atoms with Crippen LogP contribution < -0.4 is 0 Å². The van der Waals surface area contributed by atoms with Crippen molar-refractivity contribution in [3.05, 3.63) is 12.4 Å². The Morgan fingerprint density at radius 3 is 2.62 bits per heavy atom. The average molecular weight is 136 g/mol. The van der Waals surface area contributed by atoms with Gasteiger partial charge in [0.1, 0.15) is 0 Å². The minimum atomic E-state index is 0.220. The van der Waals surface area contributed by atoms with Gasteiger partial charge in [0.25, 0.3) is 0 Å². The summed E-state index contributed by atoms with van der Waals surface area (Å²) in [5, 5.41) is 3.82. The van der Waals surface area contributed by atoms with Gasteiger partial charge in [0, 0.05) is 0 Å². The van der Waals surface area contributed by atoms with Crippen molar-refractivity contribution >= 4 is 36.9 Å². The first-order valence-electron chi connectivity index (χ1n) is 2.41. The molecule has 2 nitrogen and oxygen atoms in total. The molecular weight excluding hydrogens is 130 g/mol.